The van der Waals surface area contributed by atoms with E-state index >= 15 is 0 Å². The zero-order chi connectivity index (χ0) is 38.6. The van der Waals surface area contributed by atoms with Gasteiger partial charge in [0.25, 0.3) is 17.5 Å². The summed E-state index contributed by atoms with van der Waals surface area (Å²) in [4.78, 5) is 65.9. The molecule has 2 N–H and O–H groups in total. The molecule has 0 radical (unpaired) electrons. The van der Waals surface area contributed by atoms with Gasteiger partial charge in [-0.2, -0.15) is 0 Å². The number of rotatable bonds is 12. The van der Waals surface area contributed by atoms with Crippen molar-refractivity contribution in [1.29, 1.82) is 0 Å². The van der Waals surface area contributed by atoms with Crippen LogP contribution in [-0.4, -0.2) is 83.6 Å². The maximum Gasteiger partial charge on any atom is 0.303 e. The van der Waals surface area contributed by atoms with Gasteiger partial charge in [0.1, 0.15) is 24.7 Å². The molecule has 5 heterocycles. The molecule has 2 fully saturated rings. The molecule has 2 aliphatic rings. The van der Waals surface area contributed by atoms with Gasteiger partial charge < -0.3 is 34.3 Å². The molecule has 4 atom stereocenters. The van der Waals surface area contributed by atoms with Gasteiger partial charge in [0.05, 0.1) is 16.9 Å². The van der Waals surface area contributed by atoms with Gasteiger partial charge in [0.15, 0.2) is 41.2 Å². The van der Waals surface area contributed by atoms with Crippen LogP contribution in [0.4, 0.5) is 11.5 Å². The van der Waals surface area contributed by atoms with Crippen LogP contribution < -0.4 is 15.4 Å². The summed E-state index contributed by atoms with van der Waals surface area (Å²) in [6, 6.07) is 10.8. The van der Waals surface area contributed by atoms with Gasteiger partial charge in [0.2, 0.25) is 0 Å². The van der Waals surface area contributed by atoms with E-state index in [0.717, 1.165) is 30.5 Å². The predicted octanol–water partition coefficient (Wildman–Crippen LogP) is 4.52. The van der Waals surface area contributed by atoms with Crippen LogP contribution in [-0.2, 0) is 32.2 Å². The molecule has 0 bridgehead atoms. The highest BCUT2D eigenvalue weighted by atomic mass is 35.5. The van der Waals surface area contributed by atoms with Crippen LogP contribution in [0.2, 0.25) is 5.02 Å². The topological polar surface area (TPSA) is 219 Å². The summed E-state index contributed by atoms with van der Waals surface area (Å²) < 4.78 is 25.0. The summed E-state index contributed by atoms with van der Waals surface area (Å²) in [6.45, 7) is 4.41. The monoisotopic (exact) mass is 773 g/mol. The van der Waals surface area contributed by atoms with Gasteiger partial charge >= 0.3 is 5.97 Å². The Labute approximate surface area is 318 Å². The minimum atomic E-state index is -1.27. The Kier molecular flexibility index (Phi) is 10.9. The van der Waals surface area contributed by atoms with E-state index in [-0.39, 0.29) is 36.0 Å². The smallest absolute Gasteiger partial charge is 0.303 e. The standard InChI is InChI=1S/C36H36ClN9O9/c1-20-14-26(55-43-20)17-52-27-11-8-24(37)15-23(27)16-38-32-29-33(40-18-39-32)45(19-41-29)36-31(53-21(2)47)28(30(54-36)35(49)44-12-4-3-5-13-44)42-34(48)22-6-9-25(10-7-22)46(50)51/h6-11,14-15,18-19,28,30-31,36H,3-5,12-13,16-17H2,1-2H3,(H,42,48)(H,38,39,40)/t28-,30+,31-,36-/m1/s1. The van der Waals surface area contributed by atoms with Crippen LogP contribution in [0.3, 0.4) is 0 Å². The summed E-state index contributed by atoms with van der Waals surface area (Å²) >= 11 is 6.34. The third kappa shape index (κ3) is 8.19. The van der Waals surface area contributed by atoms with Crippen LogP contribution in [0, 0.1) is 17.0 Å². The fourth-order valence-electron chi connectivity index (χ4n) is 6.65. The fraction of sp³-hybridized carbons (Fsp3) is 0.361. The molecule has 2 amide bonds. The molecular formula is C36H36ClN9O9. The van der Waals surface area contributed by atoms with Crippen molar-refractivity contribution in [2.75, 3.05) is 18.4 Å². The Morgan fingerprint density at radius 1 is 1.05 bits per heavy atom. The van der Waals surface area contributed by atoms with Crippen molar-refractivity contribution in [2.45, 2.75) is 70.7 Å². The molecule has 286 valence electrons. The highest BCUT2D eigenvalue weighted by molar-refractivity contribution is 6.30. The van der Waals surface area contributed by atoms with E-state index in [4.69, 9.17) is 30.3 Å². The summed E-state index contributed by atoms with van der Waals surface area (Å²) in [5.41, 5.74) is 1.98. The van der Waals surface area contributed by atoms with Gasteiger partial charge in [-0.3, -0.25) is 29.1 Å². The number of fused-ring (bicyclic) bond motifs is 1. The lowest BCUT2D eigenvalue weighted by Crippen LogP contribution is -2.54. The Hall–Kier alpha value is -6.14. The largest absolute Gasteiger partial charge is 0.485 e. The van der Waals surface area contributed by atoms with Gasteiger partial charge in [-0.1, -0.05) is 16.8 Å². The van der Waals surface area contributed by atoms with E-state index in [9.17, 15) is 24.5 Å². The van der Waals surface area contributed by atoms with E-state index in [2.05, 4.69) is 30.7 Å². The first-order chi connectivity index (χ1) is 26.5. The first kappa shape index (κ1) is 37.2. The van der Waals surface area contributed by atoms with Crippen molar-refractivity contribution in [1.82, 2.24) is 34.9 Å². The van der Waals surface area contributed by atoms with Crippen molar-refractivity contribution >= 4 is 52.1 Å². The highest BCUT2D eigenvalue weighted by Gasteiger charge is 2.53. The molecule has 0 unspecified atom stereocenters. The van der Waals surface area contributed by atoms with Crippen molar-refractivity contribution in [3.63, 3.8) is 0 Å². The van der Waals surface area contributed by atoms with Crippen molar-refractivity contribution in [2.24, 2.45) is 0 Å². The van der Waals surface area contributed by atoms with Crippen LogP contribution in [0.25, 0.3) is 11.2 Å². The number of esters is 1. The van der Waals surface area contributed by atoms with E-state index in [0.29, 0.717) is 41.0 Å². The van der Waals surface area contributed by atoms with Crippen molar-refractivity contribution < 1.29 is 38.0 Å². The van der Waals surface area contributed by atoms with Crippen molar-refractivity contribution in [3.05, 3.63) is 98.9 Å². The molecular weight excluding hydrogens is 738 g/mol. The quantitative estimate of drug-likeness (QED) is 0.101. The number of anilines is 1. The van der Waals surface area contributed by atoms with Gasteiger partial charge in [-0.25, -0.2) is 15.0 Å². The third-order valence-electron chi connectivity index (χ3n) is 9.25. The number of halogens is 1. The number of nitrogens with zero attached hydrogens (tertiary/aromatic N) is 7. The molecule has 19 heteroatoms. The number of imidazole rings is 1. The van der Waals surface area contributed by atoms with Crippen molar-refractivity contribution in [3.8, 4) is 5.75 Å². The Balaban J connectivity index is 1.17. The zero-order valence-corrected chi connectivity index (χ0v) is 30.5. The Morgan fingerprint density at radius 3 is 2.55 bits per heavy atom. The molecule has 7 rings (SSSR count). The number of aromatic nitrogens is 5. The number of non-ortho nitro benzene ring substituents is 1. The van der Waals surface area contributed by atoms with Crippen LogP contribution >= 0.6 is 11.6 Å². The van der Waals surface area contributed by atoms with Crippen LogP contribution in [0.15, 0.2) is 65.7 Å². The van der Waals surface area contributed by atoms with E-state index in [1.165, 1.54) is 48.4 Å². The minimum absolute atomic E-state index is 0.0951. The number of carbonyl (C=O) groups is 3. The maximum atomic E-state index is 14.1. The van der Waals surface area contributed by atoms with Crippen LogP contribution in [0.5, 0.6) is 5.75 Å². The lowest BCUT2D eigenvalue weighted by Gasteiger charge is -2.31. The van der Waals surface area contributed by atoms with Gasteiger partial charge in [-0.05, 0) is 56.5 Å². The number of nitro benzene ring substituents is 1. The molecule has 18 nitrogen and oxygen atoms in total. The van der Waals surface area contributed by atoms with E-state index in [1.54, 1.807) is 29.2 Å². The number of hydrogen-bond donors (Lipinski definition) is 2. The second kappa shape index (κ2) is 16.1. The predicted molar refractivity (Wildman–Crippen MR) is 194 cm³/mol. The lowest BCUT2D eigenvalue weighted by atomic mass is 10.0. The Morgan fingerprint density at radius 2 is 1.84 bits per heavy atom. The highest BCUT2D eigenvalue weighted by Crippen LogP contribution is 2.36. The molecule has 0 spiro atoms. The first-order valence-electron chi connectivity index (χ1n) is 17.5. The van der Waals surface area contributed by atoms with Gasteiger partial charge in [-0.15, -0.1) is 0 Å². The minimum Gasteiger partial charge on any atom is -0.485 e. The number of nitro groups is 1. The number of nitrogens with one attached hydrogen (secondary N) is 2. The summed E-state index contributed by atoms with van der Waals surface area (Å²) in [7, 11) is 0. The Bertz CT molecular complexity index is 2220. The number of hydrogen-bond acceptors (Lipinski definition) is 14. The third-order valence-corrected chi connectivity index (χ3v) is 9.48. The van der Waals surface area contributed by atoms with Gasteiger partial charge in [0, 0.05) is 60.9 Å². The summed E-state index contributed by atoms with van der Waals surface area (Å²) in [5, 5.41) is 21.7. The second-order valence-corrected chi connectivity index (χ2v) is 13.5. The number of ether oxygens (including phenoxy) is 3. The number of likely N-dealkylation sites (tertiary alicyclic amines) is 1. The number of piperidine rings is 1. The molecule has 0 saturated carbocycles. The molecule has 0 aliphatic carbocycles. The molecule has 2 aliphatic heterocycles. The zero-order valence-electron chi connectivity index (χ0n) is 29.7. The SMILES string of the molecule is CC(=O)O[C@@H]1[C@H](NC(=O)c2ccc([N+](=O)[O-])cc2)[C@@H](C(=O)N2CCCCC2)O[C@H]1n1cnc2c(NCc3cc(Cl)ccc3OCc3cc(C)no3)ncnc21. The van der Waals surface area contributed by atoms with E-state index < -0.39 is 41.3 Å². The normalized spacial score (nSPS) is 19.6. The molecule has 5 aromatic rings. The van der Waals surface area contributed by atoms with Crippen LogP contribution in [0.1, 0.15) is 59.8 Å². The van der Waals surface area contributed by atoms with E-state index in [1.807, 2.05) is 6.92 Å². The second-order valence-electron chi connectivity index (χ2n) is 13.1. The molecule has 2 aromatic carbocycles. The summed E-state index contributed by atoms with van der Waals surface area (Å²) in [6.07, 6.45) is 1.68. The maximum absolute atomic E-state index is 14.1. The molecule has 55 heavy (non-hydrogen) atoms. The molecule has 3 aromatic heterocycles. The number of amides is 2. The number of benzene rings is 2. The summed E-state index contributed by atoms with van der Waals surface area (Å²) in [5.74, 6) is -0.250. The molecule has 2 saturated heterocycles. The number of aryl methyl sites for hydroxylation is 1. The lowest BCUT2D eigenvalue weighted by molar-refractivity contribution is -0.384. The average molecular weight is 774 g/mol. The number of carbonyl (C=O) groups excluding carboxylic acids is 3. The first-order valence-corrected chi connectivity index (χ1v) is 17.8. The average Bonchev–Trinajstić information content (AvgIpc) is 3.90. The fourth-order valence-corrected chi connectivity index (χ4v) is 6.84.